The molecule has 0 bridgehead atoms. The number of carbonyl (C=O) groups is 2. The maximum Gasteiger partial charge on any atom is 0.338 e. The van der Waals surface area contributed by atoms with Gasteiger partial charge in [-0.25, -0.2) is 4.79 Å². The van der Waals surface area contributed by atoms with Crippen LogP contribution in [-0.2, 0) is 9.53 Å². The quantitative estimate of drug-likeness (QED) is 0.158. The predicted octanol–water partition coefficient (Wildman–Crippen LogP) is 6.42. The van der Waals surface area contributed by atoms with E-state index < -0.39 is 5.97 Å². The summed E-state index contributed by atoms with van der Waals surface area (Å²) in [5.41, 5.74) is 3.39. The van der Waals surface area contributed by atoms with Crippen LogP contribution in [0.25, 0.3) is 6.08 Å². The lowest BCUT2D eigenvalue weighted by Crippen LogP contribution is -2.21. The molecule has 0 aromatic heterocycles. The van der Waals surface area contributed by atoms with E-state index in [0.717, 1.165) is 15.6 Å². The minimum Gasteiger partial charge on any atom is -0.490 e. The van der Waals surface area contributed by atoms with Crippen LogP contribution >= 0.6 is 15.9 Å². The third-order valence-corrected chi connectivity index (χ3v) is 6.25. The molecule has 8 heteroatoms. The van der Waals surface area contributed by atoms with E-state index in [-0.39, 0.29) is 12.5 Å². The topological polar surface area (TPSA) is 77.4 Å². The SMILES string of the molecule is C=CCOc1cc(Br)c(/C=C2\C(=O)N(c3ccc(C(=O)OCC)cc3)N=C2c2ccccc2)cc1OCC. The van der Waals surface area contributed by atoms with Gasteiger partial charge in [0.15, 0.2) is 11.5 Å². The van der Waals surface area contributed by atoms with E-state index in [1.807, 2.05) is 49.4 Å². The Labute approximate surface area is 230 Å². The van der Waals surface area contributed by atoms with Crippen molar-refractivity contribution in [3.8, 4) is 11.5 Å². The molecule has 0 N–H and O–H groups in total. The highest BCUT2D eigenvalue weighted by atomic mass is 79.9. The lowest BCUT2D eigenvalue weighted by atomic mass is 10.00. The molecule has 7 nitrogen and oxygen atoms in total. The monoisotopic (exact) mass is 574 g/mol. The lowest BCUT2D eigenvalue weighted by molar-refractivity contribution is -0.114. The summed E-state index contributed by atoms with van der Waals surface area (Å²) in [7, 11) is 0. The number of amides is 1. The zero-order chi connectivity index (χ0) is 27.1. The second-order valence-corrected chi connectivity index (χ2v) is 8.96. The highest BCUT2D eigenvalue weighted by Crippen LogP contribution is 2.36. The zero-order valence-corrected chi connectivity index (χ0v) is 22.7. The van der Waals surface area contributed by atoms with Gasteiger partial charge in [0.1, 0.15) is 12.3 Å². The number of nitrogens with zero attached hydrogens (tertiary/aromatic N) is 2. The molecule has 0 fully saturated rings. The average Bonchev–Trinajstić information content (AvgIpc) is 3.26. The van der Waals surface area contributed by atoms with Gasteiger partial charge in [0.25, 0.3) is 5.91 Å². The molecule has 0 aliphatic carbocycles. The number of hydrogen-bond donors (Lipinski definition) is 0. The largest absolute Gasteiger partial charge is 0.490 e. The molecule has 4 rings (SSSR count). The van der Waals surface area contributed by atoms with Gasteiger partial charge in [-0.2, -0.15) is 10.1 Å². The van der Waals surface area contributed by atoms with Crippen LogP contribution < -0.4 is 14.5 Å². The number of esters is 1. The number of carbonyl (C=O) groups excluding carboxylic acids is 2. The minimum absolute atomic E-state index is 0.284. The Morgan fingerprint density at radius 1 is 1.00 bits per heavy atom. The first-order chi connectivity index (χ1) is 18.5. The fourth-order valence-electron chi connectivity index (χ4n) is 3.83. The minimum atomic E-state index is -0.420. The van der Waals surface area contributed by atoms with Crippen LogP contribution in [0.4, 0.5) is 5.69 Å². The van der Waals surface area contributed by atoms with Crippen molar-refractivity contribution in [1.82, 2.24) is 0 Å². The van der Waals surface area contributed by atoms with Gasteiger partial charge >= 0.3 is 5.97 Å². The highest BCUT2D eigenvalue weighted by molar-refractivity contribution is 9.10. The second-order valence-electron chi connectivity index (χ2n) is 8.11. The summed E-state index contributed by atoms with van der Waals surface area (Å²) in [4.78, 5) is 25.8. The van der Waals surface area contributed by atoms with Crippen molar-refractivity contribution in [3.63, 3.8) is 0 Å². The smallest absolute Gasteiger partial charge is 0.338 e. The maximum absolute atomic E-state index is 13.7. The standard InChI is InChI=1S/C30H27BrN2O5/c1-4-16-38-27-19-25(31)22(18-26(27)36-5-2)17-24-28(20-10-8-7-9-11-20)32-33(29(24)34)23-14-12-21(13-15-23)30(35)37-6-3/h4,7-15,17-19H,1,5-6,16H2,2-3H3/b24-17-. The molecule has 0 atom stereocenters. The zero-order valence-electron chi connectivity index (χ0n) is 21.1. The molecule has 1 aliphatic rings. The van der Waals surface area contributed by atoms with Crippen molar-refractivity contribution in [2.75, 3.05) is 24.8 Å². The Bertz CT molecular complexity index is 1400. The summed E-state index contributed by atoms with van der Waals surface area (Å²) in [6.07, 6.45) is 3.44. The normalized spacial score (nSPS) is 13.9. The van der Waals surface area contributed by atoms with Gasteiger partial charge < -0.3 is 14.2 Å². The van der Waals surface area contributed by atoms with Crippen molar-refractivity contribution < 1.29 is 23.8 Å². The van der Waals surface area contributed by atoms with Crippen molar-refractivity contribution in [2.24, 2.45) is 5.10 Å². The Balaban J connectivity index is 1.76. The molecule has 0 saturated carbocycles. The average molecular weight is 575 g/mol. The first kappa shape index (κ1) is 26.9. The van der Waals surface area contributed by atoms with Crippen molar-refractivity contribution in [2.45, 2.75) is 13.8 Å². The van der Waals surface area contributed by atoms with Crippen molar-refractivity contribution >= 4 is 45.3 Å². The Morgan fingerprint density at radius 3 is 2.37 bits per heavy atom. The van der Waals surface area contributed by atoms with Crippen LogP contribution in [0.1, 0.15) is 35.3 Å². The molecule has 1 amide bonds. The molecule has 0 saturated heterocycles. The van der Waals surface area contributed by atoms with E-state index in [9.17, 15) is 9.59 Å². The van der Waals surface area contributed by atoms with Gasteiger partial charge in [0.05, 0.1) is 30.0 Å². The number of hydrogen-bond acceptors (Lipinski definition) is 6. The summed E-state index contributed by atoms with van der Waals surface area (Å²) in [6, 6.07) is 19.7. The molecule has 0 radical (unpaired) electrons. The molecular formula is C30H27BrN2O5. The number of hydrazone groups is 1. The summed E-state index contributed by atoms with van der Waals surface area (Å²) >= 11 is 3.61. The molecule has 3 aromatic rings. The third-order valence-electron chi connectivity index (χ3n) is 5.57. The number of benzene rings is 3. The maximum atomic E-state index is 13.7. The van der Waals surface area contributed by atoms with Crippen molar-refractivity contribution in [3.05, 3.63) is 106 Å². The molecule has 1 heterocycles. The van der Waals surface area contributed by atoms with Crippen LogP contribution in [0.3, 0.4) is 0 Å². The number of ether oxygens (including phenoxy) is 3. The Morgan fingerprint density at radius 2 is 1.71 bits per heavy atom. The van der Waals surface area contributed by atoms with Gasteiger partial charge in [-0.05, 0) is 61.9 Å². The predicted molar refractivity (Wildman–Crippen MR) is 152 cm³/mol. The van der Waals surface area contributed by atoms with Gasteiger partial charge in [-0.15, -0.1) is 0 Å². The molecule has 0 unspecified atom stereocenters. The fraction of sp³-hybridized carbons (Fsp3) is 0.167. The number of halogens is 1. The summed E-state index contributed by atoms with van der Waals surface area (Å²) in [5, 5.41) is 6.01. The third kappa shape index (κ3) is 5.86. The number of rotatable bonds is 10. The first-order valence-corrected chi connectivity index (χ1v) is 12.9. The van der Waals surface area contributed by atoms with Gasteiger partial charge in [-0.3, -0.25) is 4.79 Å². The van der Waals surface area contributed by atoms with Crippen LogP contribution in [0, 0.1) is 0 Å². The first-order valence-electron chi connectivity index (χ1n) is 12.1. The second kappa shape index (κ2) is 12.4. The van der Waals surface area contributed by atoms with E-state index in [4.69, 9.17) is 14.2 Å². The van der Waals surface area contributed by atoms with Gasteiger partial charge in [-0.1, -0.05) is 58.9 Å². The van der Waals surface area contributed by atoms with Crippen LogP contribution in [0.2, 0.25) is 0 Å². The Hall–Kier alpha value is -4.17. The number of anilines is 1. The molecule has 3 aromatic carbocycles. The van der Waals surface area contributed by atoms with Crippen LogP contribution in [0.5, 0.6) is 11.5 Å². The lowest BCUT2D eigenvalue weighted by Gasteiger charge is -2.14. The molecule has 194 valence electrons. The van der Waals surface area contributed by atoms with E-state index >= 15 is 0 Å². The highest BCUT2D eigenvalue weighted by Gasteiger charge is 2.32. The summed E-state index contributed by atoms with van der Waals surface area (Å²) < 4.78 is 17.3. The van der Waals surface area contributed by atoms with E-state index in [0.29, 0.717) is 47.2 Å². The van der Waals surface area contributed by atoms with Crippen LogP contribution in [0.15, 0.2) is 94.5 Å². The van der Waals surface area contributed by atoms with E-state index in [2.05, 4.69) is 27.6 Å². The summed E-state index contributed by atoms with van der Waals surface area (Å²) in [6.45, 7) is 8.41. The molecule has 1 aliphatic heterocycles. The van der Waals surface area contributed by atoms with Crippen molar-refractivity contribution in [1.29, 1.82) is 0 Å². The van der Waals surface area contributed by atoms with E-state index in [1.165, 1.54) is 5.01 Å². The van der Waals surface area contributed by atoms with E-state index in [1.54, 1.807) is 43.3 Å². The molecule has 38 heavy (non-hydrogen) atoms. The van der Waals surface area contributed by atoms with Crippen LogP contribution in [-0.4, -0.2) is 37.4 Å². The molecular weight excluding hydrogens is 548 g/mol. The molecule has 0 spiro atoms. The van der Waals surface area contributed by atoms with Gasteiger partial charge in [0.2, 0.25) is 0 Å². The fourth-order valence-corrected chi connectivity index (χ4v) is 4.27. The van der Waals surface area contributed by atoms with Gasteiger partial charge in [0, 0.05) is 10.0 Å². The Kier molecular flexibility index (Phi) is 8.76. The summed E-state index contributed by atoms with van der Waals surface area (Å²) in [5.74, 6) is 0.402.